The summed E-state index contributed by atoms with van der Waals surface area (Å²) < 4.78 is 19.9. The smallest absolute Gasteiger partial charge is 0.146 e. The maximum Gasteiger partial charge on any atom is 0.146 e. The summed E-state index contributed by atoms with van der Waals surface area (Å²) in [6, 6.07) is 6.98. The van der Waals surface area contributed by atoms with Gasteiger partial charge < -0.3 is 14.7 Å². The van der Waals surface area contributed by atoms with Crippen molar-refractivity contribution in [3.63, 3.8) is 0 Å². The molecule has 5 fully saturated rings. The summed E-state index contributed by atoms with van der Waals surface area (Å²) in [5, 5.41) is 10.4. The molecule has 0 radical (unpaired) electrons. The largest absolute Gasteiger partial charge is 0.389 e. The third-order valence-electron chi connectivity index (χ3n) is 8.29. The minimum atomic E-state index is -0.443. The summed E-state index contributed by atoms with van der Waals surface area (Å²) in [5.74, 6) is 2.82. The first-order chi connectivity index (χ1) is 14.6. The van der Waals surface area contributed by atoms with Crippen LogP contribution in [0.4, 0.5) is 10.1 Å². The Labute approximate surface area is 180 Å². The van der Waals surface area contributed by atoms with Gasteiger partial charge in [-0.25, -0.2) is 4.39 Å². The van der Waals surface area contributed by atoms with Crippen LogP contribution in [0.1, 0.15) is 44.9 Å². The van der Waals surface area contributed by atoms with Crippen molar-refractivity contribution in [3.05, 3.63) is 30.1 Å². The summed E-state index contributed by atoms with van der Waals surface area (Å²) in [6.07, 6.45) is 9.49. The van der Waals surface area contributed by atoms with Crippen LogP contribution in [0.3, 0.4) is 0 Å². The van der Waals surface area contributed by atoms with E-state index in [0.717, 1.165) is 50.5 Å². The molecule has 0 amide bonds. The van der Waals surface area contributed by atoms with Crippen LogP contribution in [0.25, 0.3) is 0 Å². The summed E-state index contributed by atoms with van der Waals surface area (Å²) >= 11 is 0. The molecule has 1 aliphatic heterocycles. The monoisotopic (exact) mass is 416 g/mol. The van der Waals surface area contributed by atoms with Gasteiger partial charge in [0.2, 0.25) is 0 Å². The molecule has 1 saturated heterocycles. The maximum atomic E-state index is 14.0. The first kappa shape index (κ1) is 20.7. The van der Waals surface area contributed by atoms with E-state index in [9.17, 15) is 9.50 Å². The van der Waals surface area contributed by atoms with Crippen molar-refractivity contribution in [3.8, 4) is 0 Å². The van der Waals surface area contributed by atoms with E-state index in [1.54, 1.807) is 6.07 Å². The zero-order chi connectivity index (χ0) is 20.6. The lowest BCUT2D eigenvalue weighted by atomic mass is 9.49. The summed E-state index contributed by atoms with van der Waals surface area (Å²) in [5.41, 5.74) is 1.24. The highest BCUT2D eigenvalue weighted by molar-refractivity contribution is 5.47. The molecule has 0 spiro atoms. The molecule has 30 heavy (non-hydrogen) atoms. The van der Waals surface area contributed by atoms with Crippen molar-refractivity contribution < 1.29 is 14.2 Å². The highest BCUT2D eigenvalue weighted by atomic mass is 19.1. The van der Waals surface area contributed by atoms with Gasteiger partial charge in [-0.2, -0.15) is 0 Å². The van der Waals surface area contributed by atoms with Crippen molar-refractivity contribution in [1.82, 2.24) is 4.90 Å². The van der Waals surface area contributed by atoms with Crippen molar-refractivity contribution >= 4 is 5.69 Å². The SMILES string of the molecule is O[C@@H](COCCC12CC3CC(CC(C3)C1)C2)CN1CCN(c2ccccc2F)CC1. The number of aliphatic hydroxyl groups is 1. The fraction of sp³-hybridized carbons (Fsp3) is 0.760. The van der Waals surface area contributed by atoms with Gasteiger partial charge in [0.15, 0.2) is 0 Å². The number of anilines is 1. The molecule has 0 unspecified atom stereocenters. The lowest BCUT2D eigenvalue weighted by Gasteiger charge is -2.57. The number of halogens is 1. The summed E-state index contributed by atoms with van der Waals surface area (Å²) in [4.78, 5) is 4.37. The van der Waals surface area contributed by atoms with Crippen LogP contribution >= 0.6 is 0 Å². The zero-order valence-corrected chi connectivity index (χ0v) is 18.1. The zero-order valence-electron chi connectivity index (χ0n) is 18.1. The van der Waals surface area contributed by atoms with E-state index >= 15 is 0 Å². The average molecular weight is 417 g/mol. The van der Waals surface area contributed by atoms with Gasteiger partial charge in [0, 0.05) is 39.3 Å². The maximum absolute atomic E-state index is 14.0. The molecule has 1 aromatic carbocycles. The number of hydrogen-bond donors (Lipinski definition) is 1. The van der Waals surface area contributed by atoms with Crippen LogP contribution in [-0.4, -0.2) is 62.0 Å². The predicted octanol–water partition coefficient (Wildman–Crippen LogP) is 3.93. The molecule has 5 aliphatic rings. The van der Waals surface area contributed by atoms with Gasteiger partial charge in [0.25, 0.3) is 0 Å². The molecule has 166 valence electrons. The number of β-amino-alcohol motifs (C(OH)–C–C–N with tert-alkyl or cyclic N) is 1. The lowest BCUT2D eigenvalue weighted by molar-refractivity contribution is -0.0741. The van der Waals surface area contributed by atoms with Crippen LogP contribution < -0.4 is 4.90 Å². The second kappa shape index (κ2) is 8.76. The van der Waals surface area contributed by atoms with Crippen LogP contribution in [-0.2, 0) is 4.74 Å². The van der Waals surface area contributed by atoms with E-state index in [-0.39, 0.29) is 5.82 Å². The lowest BCUT2D eigenvalue weighted by Crippen LogP contribution is -2.49. The quantitative estimate of drug-likeness (QED) is 0.652. The first-order valence-electron chi connectivity index (χ1n) is 12.1. The van der Waals surface area contributed by atoms with E-state index < -0.39 is 6.10 Å². The number of para-hydroxylation sites is 1. The molecule has 4 bridgehead atoms. The van der Waals surface area contributed by atoms with Crippen LogP contribution in [0.5, 0.6) is 0 Å². The molecule has 5 heteroatoms. The highest BCUT2D eigenvalue weighted by Crippen LogP contribution is 2.61. The number of piperazine rings is 1. The summed E-state index contributed by atoms with van der Waals surface area (Å²) in [6.45, 7) is 5.14. The molecule has 4 aliphatic carbocycles. The van der Waals surface area contributed by atoms with Crippen molar-refractivity contribution in [2.24, 2.45) is 23.2 Å². The molecular weight excluding hydrogens is 379 g/mol. The molecule has 0 aromatic heterocycles. The standard InChI is InChI=1S/C25H37FN2O2/c26-23-3-1-2-4-24(23)28-8-6-27(7-9-28)17-22(29)18-30-10-5-25-14-19-11-20(15-25)13-21(12-19)16-25/h1-4,19-22,29H,5-18H2/t19?,20?,21?,22-,25?/m1/s1. The Kier molecular flexibility index (Phi) is 6.05. The van der Waals surface area contributed by atoms with E-state index in [1.807, 2.05) is 12.1 Å². The van der Waals surface area contributed by atoms with Gasteiger partial charge in [-0.3, -0.25) is 4.90 Å². The Balaban J connectivity index is 1.00. The Bertz CT molecular complexity index is 684. The highest BCUT2D eigenvalue weighted by Gasteiger charge is 2.50. The molecule has 4 saturated carbocycles. The molecule has 4 nitrogen and oxygen atoms in total. The number of nitrogens with zero attached hydrogens (tertiary/aromatic N) is 2. The van der Waals surface area contributed by atoms with Gasteiger partial charge in [0.05, 0.1) is 18.4 Å². The second-order valence-corrected chi connectivity index (χ2v) is 10.6. The Morgan fingerprint density at radius 1 is 1.00 bits per heavy atom. The average Bonchev–Trinajstić information content (AvgIpc) is 2.71. The Morgan fingerprint density at radius 3 is 2.27 bits per heavy atom. The van der Waals surface area contributed by atoms with E-state index in [0.29, 0.717) is 24.3 Å². The number of rotatable bonds is 8. The predicted molar refractivity (Wildman–Crippen MR) is 117 cm³/mol. The summed E-state index contributed by atoms with van der Waals surface area (Å²) in [7, 11) is 0. The van der Waals surface area contributed by atoms with Gasteiger partial charge in [-0.15, -0.1) is 0 Å². The van der Waals surface area contributed by atoms with Crippen LogP contribution in [0.15, 0.2) is 24.3 Å². The minimum Gasteiger partial charge on any atom is -0.389 e. The second-order valence-electron chi connectivity index (χ2n) is 10.6. The first-order valence-corrected chi connectivity index (χ1v) is 12.1. The van der Waals surface area contributed by atoms with E-state index in [2.05, 4.69) is 9.80 Å². The van der Waals surface area contributed by atoms with Gasteiger partial charge in [-0.1, -0.05) is 12.1 Å². The number of benzene rings is 1. The number of hydrogen-bond acceptors (Lipinski definition) is 4. The van der Waals surface area contributed by atoms with E-state index in [4.69, 9.17) is 4.74 Å². The third kappa shape index (κ3) is 4.53. The third-order valence-corrected chi connectivity index (χ3v) is 8.29. The van der Waals surface area contributed by atoms with Crippen LogP contribution in [0.2, 0.25) is 0 Å². The van der Waals surface area contributed by atoms with Crippen molar-refractivity contribution in [2.45, 2.75) is 51.0 Å². The van der Waals surface area contributed by atoms with Crippen molar-refractivity contribution in [1.29, 1.82) is 0 Å². The van der Waals surface area contributed by atoms with Crippen molar-refractivity contribution in [2.75, 3.05) is 50.8 Å². The Morgan fingerprint density at radius 2 is 1.63 bits per heavy atom. The normalized spacial score (nSPS) is 34.5. The number of ether oxygens (including phenoxy) is 1. The topological polar surface area (TPSA) is 35.9 Å². The van der Waals surface area contributed by atoms with E-state index in [1.165, 1.54) is 51.0 Å². The van der Waals surface area contributed by atoms with Gasteiger partial charge in [0.1, 0.15) is 5.82 Å². The van der Waals surface area contributed by atoms with Gasteiger partial charge in [-0.05, 0) is 80.2 Å². The molecule has 1 atom stereocenters. The molecule has 1 aromatic rings. The molecule has 6 rings (SSSR count). The van der Waals surface area contributed by atoms with Crippen LogP contribution in [0, 0.1) is 29.0 Å². The van der Waals surface area contributed by atoms with Gasteiger partial charge >= 0.3 is 0 Å². The molecule has 1 heterocycles. The molecule has 1 N–H and O–H groups in total. The number of aliphatic hydroxyl groups excluding tert-OH is 1. The minimum absolute atomic E-state index is 0.154. The molecular formula is C25H37FN2O2. The fourth-order valence-corrected chi connectivity index (χ4v) is 7.33. The Hall–Kier alpha value is -1.17. The fourth-order valence-electron chi connectivity index (χ4n) is 7.33.